The van der Waals surface area contributed by atoms with Crippen LogP contribution in [0.1, 0.15) is 23.3 Å². The van der Waals surface area contributed by atoms with Gasteiger partial charge in [-0.15, -0.1) is 17.9 Å². The lowest BCUT2D eigenvalue weighted by atomic mass is 9.97. The Labute approximate surface area is 168 Å². The third-order valence-corrected chi connectivity index (χ3v) is 7.01. The summed E-state index contributed by atoms with van der Waals surface area (Å²) in [5.41, 5.74) is 1.35. The van der Waals surface area contributed by atoms with Crippen molar-refractivity contribution in [3.8, 4) is 0 Å². The first-order valence-electron chi connectivity index (χ1n) is 9.50. The molecule has 2 aromatic heterocycles. The third kappa shape index (κ3) is 3.36. The molecular formula is C19H25N5OS2. The largest absolute Gasteiger partial charge is 0.359 e. The van der Waals surface area contributed by atoms with Crippen molar-refractivity contribution in [2.24, 2.45) is 7.05 Å². The second-order valence-electron chi connectivity index (χ2n) is 7.12. The van der Waals surface area contributed by atoms with E-state index in [1.807, 2.05) is 7.05 Å². The Morgan fingerprint density at radius 2 is 2.04 bits per heavy atom. The van der Waals surface area contributed by atoms with Crippen molar-refractivity contribution < 1.29 is 0 Å². The van der Waals surface area contributed by atoms with Gasteiger partial charge in [-0.2, -0.15) is 0 Å². The number of aryl methyl sites for hydroxylation is 2. The summed E-state index contributed by atoms with van der Waals surface area (Å²) in [6.45, 7) is 7.61. The van der Waals surface area contributed by atoms with Crippen molar-refractivity contribution in [1.82, 2.24) is 19.8 Å². The zero-order chi connectivity index (χ0) is 19.0. The summed E-state index contributed by atoms with van der Waals surface area (Å²) in [5, 5.41) is 4.80. The molecule has 0 atom stereocenters. The molecule has 8 heteroatoms. The summed E-state index contributed by atoms with van der Waals surface area (Å²) >= 11 is 7.15. The minimum absolute atomic E-state index is 0.0972. The molecule has 0 unspecified atom stereocenters. The molecule has 1 saturated heterocycles. The van der Waals surface area contributed by atoms with Gasteiger partial charge in [0.2, 0.25) is 5.95 Å². The minimum Gasteiger partial charge on any atom is -0.359 e. The highest BCUT2D eigenvalue weighted by atomic mass is 32.1. The van der Waals surface area contributed by atoms with Crippen LogP contribution in [-0.2, 0) is 19.9 Å². The first-order chi connectivity index (χ1) is 13.1. The number of hydrogen-bond acceptors (Lipinski definition) is 5. The molecule has 1 aliphatic heterocycles. The first kappa shape index (κ1) is 18.4. The average Bonchev–Trinajstić information content (AvgIpc) is 3.07. The molecule has 1 fully saturated rings. The summed E-state index contributed by atoms with van der Waals surface area (Å²) < 4.78 is 1.73. The maximum atomic E-state index is 13.1. The second-order valence-corrected chi connectivity index (χ2v) is 8.59. The molecule has 2 aliphatic rings. The van der Waals surface area contributed by atoms with Crippen LogP contribution < -0.4 is 15.8 Å². The van der Waals surface area contributed by atoms with Crippen molar-refractivity contribution in [2.45, 2.75) is 25.7 Å². The lowest BCUT2D eigenvalue weighted by Gasteiger charge is -2.37. The van der Waals surface area contributed by atoms with Crippen LogP contribution in [0.5, 0.6) is 0 Å². The van der Waals surface area contributed by atoms with Crippen molar-refractivity contribution in [1.29, 1.82) is 0 Å². The maximum absolute atomic E-state index is 13.1. The van der Waals surface area contributed by atoms with Crippen molar-refractivity contribution in [3.05, 3.63) is 33.4 Å². The maximum Gasteiger partial charge on any atom is 0.263 e. The molecule has 0 aromatic carbocycles. The van der Waals surface area contributed by atoms with E-state index < -0.39 is 0 Å². The van der Waals surface area contributed by atoms with Crippen LogP contribution >= 0.6 is 23.6 Å². The molecule has 27 heavy (non-hydrogen) atoms. The van der Waals surface area contributed by atoms with Crippen LogP contribution in [0.3, 0.4) is 0 Å². The predicted molar refractivity (Wildman–Crippen MR) is 116 cm³/mol. The van der Waals surface area contributed by atoms with Gasteiger partial charge in [0.25, 0.3) is 5.56 Å². The van der Waals surface area contributed by atoms with E-state index in [0.29, 0.717) is 6.54 Å². The zero-order valence-corrected chi connectivity index (χ0v) is 17.3. The molecule has 0 spiro atoms. The molecule has 0 amide bonds. The van der Waals surface area contributed by atoms with Gasteiger partial charge in [-0.25, -0.2) is 4.98 Å². The average molecular weight is 404 g/mol. The topological polar surface area (TPSA) is 53.4 Å². The highest BCUT2D eigenvalue weighted by molar-refractivity contribution is 7.80. The SMILES string of the molecule is C=CCNC(=S)N1CCN(c2nc3sc4c(c3c(=O)n2C)CCCC4)CC1. The van der Waals surface area contributed by atoms with Crippen LogP contribution in [0, 0.1) is 0 Å². The molecule has 0 saturated carbocycles. The minimum atomic E-state index is 0.0972. The number of nitrogens with one attached hydrogen (secondary N) is 1. The van der Waals surface area contributed by atoms with Crippen LogP contribution in [-0.4, -0.2) is 52.3 Å². The van der Waals surface area contributed by atoms with E-state index in [2.05, 4.69) is 21.7 Å². The monoisotopic (exact) mass is 403 g/mol. The van der Waals surface area contributed by atoms with Crippen LogP contribution in [0.25, 0.3) is 10.2 Å². The number of nitrogens with zero attached hydrogens (tertiary/aromatic N) is 4. The lowest BCUT2D eigenvalue weighted by Crippen LogP contribution is -2.52. The number of thiophene rings is 1. The standard InChI is InChI=1S/C19H25N5OS2/c1-3-8-20-19(26)24-11-9-23(10-12-24)18-21-16-15(17(25)22(18)2)13-6-4-5-7-14(13)27-16/h3H,1,4-12H2,2H3,(H,20,26). The highest BCUT2D eigenvalue weighted by Crippen LogP contribution is 2.34. The molecular weight excluding hydrogens is 378 g/mol. The van der Waals surface area contributed by atoms with Gasteiger partial charge in [0.05, 0.1) is 5.39 Å². The fraction of sp³-hybridized carbons (Fsp3) is 0.526. The molecule has 4 rings (SSSR count). The molecule has 6 nitrogen and oxygen atoms in total. The van der Waals surface area contributed by atoms with Gasteiger partial charge < -0.3 is 15.1 Å². The normalized spacial score (nSPS) is 17.1. The van der Waals surface area contributed by atoms with Gasteiger partial charge in [0, 0.05) is 44.6 Å². The molecule has 0 bridgehead atoms. The van der Waals surface area contributed by atoms with E-state index in [0.717, 1.165) is 60.3 Å². The number of fused-ring (bicyclic) bond motifs is 3. The van der Waals surface area contributed by atoms with E-state index in [4.69, 9.17) is 17.2 Å². The van der Waals surface area contributed by atoms with E-state index in [1.165, 1.54) is 23.3 Å². The van der Waals surface area contributed by atoms with E-state index in [-0.39, 0.29) is 5.56 Å². The molecule has 144 valence electrons. The fourth-order valence-corrected chi connectivity index (χ4v) is 5.45. The summed E-state index contributed by atoms with van der Waals surface area (Å²) in [4.78, 5) is 24.6. The van der Waals surface area contributed by atoms with Gasteiger partial charge in [0.15, 0.2) is 5.11 Å². The molecule has 0 radical (unpaired) electrons. The van der Waals surface area contributed by atoms with E-state index in [1.54, 1.807) is 22.0 Å². The van der Waals surface area contributed by atoms with Crippen LogP contribution in [0.4, 0.5) is 5.95 Å². The number of rotatable bonds is 3. The number of aromatic nitrogens is 2. The Kier molecular flexibility index (Phi) is 5.19. The Morgan fingerprint density at radius 1 is 1.30 bits per heavy atom. The fourth-order valence-electron chi connectivity index (χ4n) is 3.94. The first-order valence-corrected chi connectivity index (χ1v) is 10.7. The van der Waals surface area contributed by atoms with Crippen molar-refractivity contribution in [3.63, 3.8) is 0 Å². The quantitative estimate of drug-likeness (QED) is 0.625. The van der Waals surface area contributed by atoms with Gasteiger partial charge in [-0.3, -0.25) is 9.36 Å². The van der Waals surface area contributed by atoms with E-state index >= 15 is 0 Å². The van der Waals surface area contributed by atoms with Crippen LogP contribution in [0.15, 0.2) is 17.4 Å². The summed E-state index contributed by atoms with van der Waals surface area (Å²) in [6.07, 6.45) is 6.29. The van der Waals surface area contributed by atoms with Gasteiger partial charge in [-0.1, -0.05) is 6.08 Å². The van der Waals surface area contributed by atoms with E-state index in [9.17, 15) is 4.79 Å². The zero-order valence-electron chi connectivity index (χ0n) is 15.7. The number of thiocarbonyl (C=S) groups is 1. The predicted octanol–water partition coefficient (Wildman–Crippen LogP) is 2.06. The summed E-state index contributed by atoms with van der Waals surface area (Å²) in [6, 6.07) is 0. The second kappa shape index (κ2) is 7.59. The summed E-state index contributed by atoms with van der Waals surface area (Å²) in [7, 11) is 1.85. The number of anilines is 1. The number of hydrogen-bond donors (Lipinski definition) is 1. The van der Waals surface area contributed by atoms with Gasteiger partial charge in [-0.05, 0) is 43.5 Å². The Hall–Kier alpha value is -1.93. The molecule has 3 heterocycles. The molecule has 1 N–H and O–H groups in total. The third-order valence-electron chi connectivity index (χ3n) is 5.42. The van der Waals surface area contributed by atoms with Crippen molar-refractivity contribution in [2.75, 3.05) is 37.6 Å². The Morgan fingerprint density at radius 3 is 2.78 bits per heavy atom. The molecule has 2 aromatic rings. The highest BCUT2D eigenvalue weighted by Gasteiger charge is 2.25. The van der Waals surface area contributed by atoms with Crippen LogP contribution in [0.2, 0.25) is 0 Å². The molecule has 1 aliphatic carbocycles. The lowest BCUT2D eigenvalue weighted by molar-refractivity contribution is 0.377. The van der Waals surface area contributed by atoms with Gasteiger partial charge >= 0.3 is 0 Å². The Balaban J connectivity index is 1.58. The Bertz CT molecular complexity index is 940. The smallest absolute Gasteiger partial charge is 0.263 e. The summed E-state index contributed by atoms with van der Waals surface area (Å²) in [5.74, 6) is 0.774. The van der Waals surface area contributed by atoms with Gasteiger partial charge in [0.1, 0.15) is 4.83 Å². The van der Waals surface area contributed by atoms with Crippen molar-refractivity contribution >= 4 is 44.8 Å². The number of piperazine rings is 1.